The summed E-state index contributed by atoms with van der Waals surface area (Å²) in [6.45, 7) is 6.50. The van der Waals surface area contributed by atoms with Crippen molar-refractivity contribution in [3.05, 3.63) is 53.1 Å². The smallest absolute Gasteiger partial charge is 0.161 e. The molecule has 0 fully saturated rings. The number of nitrogens with zero attached hydrogens (tertiary/aromatic N) is 2. The molecule has 0 bridgehead atoms. The van der Waals surface area contributed by atoms with Gasteiger partial charge in [-0.05, 0) is 30.2 Å². The van der Waals surface area contributed by atoms with Crippen LogP contribution in [0.15, 0.2) is 47.5 Å². The van der Waals surface area contributed by atoms with Gasteiger partial charge in [-0.15, -0.1) is 11.8 Å². The molecule has 1 heterocycles. The van der Waals surface area contributed by atoms with Crippen molar-refractivity contribution in [3.63, 3.8) is 0 Å². The van der Waals surface area contributed by atoms with E-state index in [9.17, 15) is 0 Å². The van der Waals surface area contributed by atoms with Crippen LogP contribution in [0, 0.1) is 0 Å². The molecule has 3 aromatic rings. The first-order valence-corrected chi connectivity index (χ1v) is 9.06. The fourth-order valence-electron chi connectivity index (χ4n) is 2.41. The third-order valence-electron chi connectivity index (χ3n) is 3.59. The maximum Gasteiger partial charge on any atom is 0.161 e. The van der Waals surface area contributed by atoms with Crippen molar-refractivity contribution in [1.29, 1.82) is 0 Å². The maximum atomic E-state index is 6.15. The van der Waals surface area contributed by atoms with Gasteiger partial charge in [-0.2, -0.15) is 0 Å². The average Bonchev–Trinajstić information content (AvgIpc) is 2.54. The van der Waals surface area contributed by atoms with Gasteiger partial charge in [-0.3, -0.25) is 0 Å². The molecule has 0 saturated carbocycles. The van der Waals surface area contributed by atoms with E-state index in [1.54, 1.807) is 11.8 Å². The van der Waals surface area contributed by atoms with E-state index < -0.39 is 0 Å². The van der Waals surface area contributed by atoms with Crippen molar-refractivity contribution >= 4 is 34.3 Å². The monoisotopic (exact) mass is 342 g/mol. The number of aromatic nitrogens is 2. The quantitative estimate of drug-likeness (QED) is 0.428. The molecule has 0 N–H and O–H groups in total. The van der Waals surface area contributed by atoms with Crippen LogP contribution in [0.2, 0.25) is 5.02 Å². The predicted octanol–water partition coefficient (Wildman–Crippen LogP) is 6.01. The van der Waals surface area contributed by atoms with Gasteiger partial charge >= 0.3 is 0 Å². The number of hydrogen-bond donors (Lipinski definition) is 0. The standard InChI is InChI=1S/C19H19ClN2S/c1-4-13-5-7-14(8-6-13)18-21-17-11-15(20)9-10-16(17)19(22-18)23-12(2)3/h5-12H,4H2,1-3H3. The molecule has 0 aliphatic rings. The van der Waals surface area contributed by atoms with Gasteiger partial charge in [0.15, 0.2) is 5.82 Å². The van der Waals surface area contributed by atoms with Crippen LogP contribution < -0.4 is 0 Å². The Hall–Kier alpha value is -1.58. The van der Waals surface area contributed by atoms with Crippen molar-refractivity contribution in [2.45, 2.75) is 37.5 Å². The Morgan fingerprint density at radius 2 is 1.78 bits per heavy atom. The van der Waals surface area contributed by atoms with Crippen LogP contribution in [0.4, 0.5) is 0 Å². The first-order valence-electron chi connectivity index (χ1n) is 7.80. The van der Waals surface area contributed by atoms with Crippen LogP contribution >= 0.6 is 23.4 Å². The minimum Gasteiger partial charge on any atom is -0.228 e. The molecule has 118 valence electrons. The zero-order valence-corrected chi connectivity index (χ0v) is 15.1. The van der Waals surface area contributed by atoms with Gasteiger partial charge < -0.3 is 0 Å². The number of halogens is 1. The highest BCUT2D eigenvalue weighted by atomic mass is 35.5. The van der Waals surface area contributed by atoms with E-state index >= 15 is 0 Å². The Morgan fingerprint density at radius 1 is 1.04 bits per heavy atom. The van der Waals surface area contributed by atoms with E-state index in [2.05, 4.69) is 45.0 Å². The summed E-state index contributed by atoms with van der Waals surface area (Å²) in [4.78, 5) is 9.53. The number of rotatable bonds is 4. The highest BCUT2D eigenvalue weighted by molar-refractivity contribution is 8.00. The molecule has 23 heavy (non-hydrogen) atoms. The number of thioether (sulfide) groups is 1. The highest BCUT2D eigenvalue weighted by Crippen LogP contribution is 2.32. The lowest BCUT2D eigenvalue weighted by Gasteiger charge is -2.11. The predicted molar refractivity (Wildman–Crippen MR) is 100 cm³/mol. The normalized spacial score (nSPS) is 11.3. The molecule has 3 rings (SSSR count). The minimum absolute atomic E-state index is 0.457. The van der Waals surface area contributed by atoms with Crippen molar-refractivity contribution < 1.29 is 0 Å². The van der Waals surface area contributed by atoms with Crippen molar-refractivity contribution in [2.24, 2.45) is 0 Å². The summed E-state index contributed by atoms with van der Waals surface area (Å²) < 4.78 is 0. The fraction of sp³-hybridized carbons (Fsp3) is 0.263. The fourth-order valence-corrected chi connectivity index (χ4v) is 3.46. The van der Waals surface area contributed by atoms with Gasteiger partial charge in [-0.25, -0.2) is 9.97 Å². The third-order valence-corrected chi connectivity index (χ3v) is 4.83. The van der Waals surface area contributed by atoms with Crippen LogP contribution in [0.3, 0.4) is 0 Å². The summed E-state index contributed by atoms with van der Waals surface area (Å²) in [5.74, 6) is 0.755. The second kappa shape index (κ2) is 6.90. The lowest BCUT2D eigenvalue weighted by Crippen LogP contribution is -1.97. The Morgan fingerprint density at radius 3 is 2.43 bits per heavy atom. The van der Waals surface area contributed by atoms with E-state index in [0.717, 1.165) is 33.7 Å². The number of hydrogen-bond acceptors (Lipinski definition) is 3. The van der Waals surface area contributed by atoms with Crippen LogP contribution in [0.1, 0.15) is 26.3 Å². The highest BCUT2D eigenvalue weighted by Gasteiger charge is 2.12. The molecule has 0 unspecified atom stereocenters. The lowest BCUT2D eigenvalue weighted by atomic mass is 10.1. The third kappa shape index (κ3) is 3.67. The zero-order valence-electron chi connectivity index (χ0n) is 13.5. The molecule has 1 aromatic heterocycles. The average molecular weight is 343 g/mol. The van der Waals surface area contributed by atoms with Crippen molar-refractivity contribution in [1.82, 2.24) is 9.97 Å². The molecule has 0 aliphatic heterocycles. The van der Waals surface area contributed by atoms with E-state index in [-0.39, 0.29) is 0 Å². The van der Waals surface area contributed by atoms with E-state index in [4.69, 9.17) is 21.6 Å². The number of benzene rings is 2. The second-order valence-corrected chi connectivity index (χ2v) is 7.73. The molecule has 0 aliphatic carbocycles. The van der Waals surface area contributed by atoms with Crippen LogP contribution in [-0.2, 0) is 6.42 Å². The summed E-state index contributed by atoms with van der Waals surface area (Å²) in [7, 11) is 0. The second-order valence-electron chi connectivity index (χ2n) is 5.73. The molecule has 0 saturated heterocycles. The van der Waals surface area contributed by atoms with Gasteiger partial charge in [0, 0.05) is 21.2 Å². The van der Waals surface area contributed by atoms with Crippen LogP contribution in [0.25, 0.3) is 22.3 Å². The molecule has 0 atom stereocenters. The Labute approximate surface area is 146 Å². The molecular weight excluding hydrogens is 324 g/mol. The van der Waals surface area contributed by atoms with Crippen molar-refractivity contribution in [2.75, 3.05) is 0 Å². The van der Waals surface area contributed by atoms with Crippen LogP contribution in [0.5, 0.6) is 0 Å². The molecular formula is C19H19ClN2S. The van der Waals surface area contributed by atoms with E-state index in [0.29, 0.717) is 10.3 Å². The van der Waals surface area contributed by atoms with Crippen molar-refractivity contribution in [3.8, 4) is 11.4 Å². The minimum atomic E-state index is 0.457. The van der Waals surface area contributed by atoms with E-state index in [1.807, 2.05) is 18.2 Å². The lowest BCUT2D eigenvalue weighted by molar-refractivity contribution is 1.07. The topological polar surface area (TPSA) is 25.8 Å². The summed E-state index contributed by atoms with van der Waals surface area (Å²) >= 11 is 7.90. The Bertz CT molecular complexity index is 829. The number of fused-ring (bicyclic) bond motifs is 1. The largest absolute Gasteiger partial charge is 0.228 e. The molecule has 0 radical (unpaired) electrons. The summed E-state index contributed by atoms with van der Waals surface area (Å²) in [5, 5.41) is 3.22. The first kappa shape index (κ1) is 16.3. The van der Waals surface area contributed by atoms with Gasteiger partial charge in [0.1, 0.15) is 5.03 Å². The first-order chi connectivity index (χ1) is 11.1. The summed E-state index contributed by atoms with van der Waals surface area (Å²) in [5.41, 5.74) is 3.24. The molecule has 4 heteroatoms. The van der Waals surface area contributed by atoms with E-state index in [1.165, 1.54) is 5.56 Å². The molecule has 0 spiro atoms. The molecule has 2 aromatic carbocycles. The van der Waals surface area contributed by atoms with Gasteiger partial charge in [-0.1, -0.05) is 56.6 Å². The van der Waals surface area contributed by atoms with Gasteiger partial charge in [0.2, 0.25) is 0 Å². The molecule has 0 amide bonds. The summed E-state index contributed by atoms with van der Waals surface area (Å²) in [6, 6.07) is 14.3. The SMILES string of the molecule is CCc1ccc(-c2nc(SC(C)C)c3ccc(Cl)cc3n2)cc1. The summed E-state index contributed by atoms with van der Waals surface area (Å²) in [6.07, 6.45) is 1.03. The molecule has 2 nitrogen and oxygen atoms in total. The van der Waals surface area contributed by atoms with Gasteiger partial charge in [0.25, 0.3) is 0 Å². The Balaban J connectivity index is 2.15. The van der Waals surface area contributed by atoms with Gasteiger partial charge in [0.05, 0.1) is 5.52 Å². The zero-order chi connectivity index (χ0) is 16.4. The maximum absolute atomic E-state index is 6.15. The number of aryl methyl sites for hydroxylation is 1. The Kier molecular flexibility index (Phi) is 4.88. The van der Waals surface area contributed by atoms with Crippen LogP contribution in [-0.4, -0.2) is 15.2 Å².